The second kappa shape index (κ2) is 3.29. The van der Waals surface area contributed by atoms with Crippen LogP contribution in [0, 0.1) is 0 Å². The molecular formula is C9H8N4O. The normalized spacial score (nSPS) is 10.0. The number of anilines is 1. The minimum atomic E-state index is 0.147. The molecule has 0 aliphatic rings. The van der Waals surface area contributed by atoms with Gasteiger partial charge in [-0.05, 0) is 11.3 Å². The molecule has 14 heavy (non-hydrogen) atoms. The molecule has 0 saturated carbocycles. The van der Waals surface area contributed by atoms with E-state index in [0.29, 0.717) is 11.1 Å². The van der Waals surface area contributed by atoms with Gasteiger partial charge in [0.2, 0.25) is 0 Å². The Hall–Kier alpha value is -2.17. The Morgan fingerprint density at radius 1 is 1.14 bits per heavy atom. The van der Waals surface area contributed by atoms with E-state index in [1.807, 2.05) is 0 Å². The molecule has 5 heteroatoms. The molecule has 0 unspecified atom stereocenters. The minimum Gasteiger partial charge on any atom is -0.507 e. The lowest BCUT2D eigenvalue weighted by atomic mass is 10.1. The Kier molecular flexibility index (Phi) is 1.98. The first kappa shape index (κ1) is 8.43. The minimum absolute atomic E-state index is 0.147. The summed E-state index contributed by atoms with van der Waals surface area (Å²) < 4.78 is 0. The van der Waals surface area contributed by atoms with Gasteiger partial charge in [-0.15, -0.1) is 10.2 Å². The highest BCUT2D eigenvalue weighted by Gasteiger charge is 2.07. The van der Waals surface area contributed by atoms with Gasteiger partial charge in [0.25, 0.3) is 0 Å². The highest BCUT2D eigenvalue weighted by molar-refractivity contribution is 5.76. The van der Waals surface area contributed by atoms with Crippen LogP contribution in [0.15, 0.2) is 30.5 Å². The Morgan fingerprint density at radius 2 is 1.93 bits per heavy atom. The number of nitrogens with zero attached hydrogens (tertiary/aromatic N) is 3. The van der Waals surface area contributed by atoms with Crippen molar-refractivity contribution in [2.75, 3.05) is 5.73 Å². The van der Waals surface area contributed by atoms with Gasteiger partial charge in [-0.3, -0.25) is 0 Å². The summed E-state index contributed by atoms with van der Waals surface area (Å²) >= 11 is 0. The summed E-state index contributed by atoms with van der Waals surface area (Å²) in [5.41, 5.74) is 6.78. The summed E-state index contributed by atoms with van der Waals surface area (Å²) in [5.74, 6) is 0.399. The number of para-hydroxylation sites is 1. The molecule has 0 fully saturated rings. The molecular weight excluding hydrogens is 180 g/mol. The molecule has 1 aromatic carbocycles. The molecule has 2 aromatic rings. The highest BCUT2D eigenvalue weighted by atomic mass is 16.3. The number of hydrogen-bond acceptors (Lipinski definition) is 5. The van der Waals surface area contributed by atoms with E-state index in [1.165, 1.54) is 6.20 Å². The molecule has 2 rings (SSSR count). The van der Waals surface area contributed by atoms with Gasteiger partial charge in [0.1, 0.15) is 5.75 Å². The third-order valence-electron chi connectivity index (χ3n) is 1.86. The lowest BCUT2D eigenvalue weighted by Crippen LogP contribution is -1.98. The van der Waals surface area contributed by atoms with E-state index in [2.05, 4.69) is 15.4 Å². The first-order valence-corrected chi connectivity index (χ1v) is 4.01. The average Bonchev–Trinajstić information content (AvgIpc) is 2.20. The van der Waals surface area contributed by atoms with E-state index in [9.17, 15) is 5.11 Å². The number of aromatic nitrogens is 3. The van der Waals surface area contributed by atoms with Gasteiger partial charge in [-0.2, -0.15) is 0 Å². The molecule has 0 bridgehead atoms. The molecule has 5 nitrogen and oxygen atoms in total. The van der Waals surface area contributed by atoms with Crippen LogP contribution in [0.2, 0.25) is 0 Å². The first-order chi connectivity index (χ1) is 6.79. The van der Waals surface area contributed by atoms with Crippen molar-refractivity contribution in [1.82, 2.24) is 15.4 Å². The number of rotatable bonds is 1. The number of phenolic OH excluding ortho intramolecular Hbond substituents is 1. The fourth-order valence-electron chi connectivity index (χ4n) is 1.19. The maximum Gasteiger partial charge on any atom is 0.157 e. The summed E-state index contributed by atoms with van der Waals surface area (Å²) in [6.07, 6.45) is 1.47. The molecule has 70 valence electrons. The number of benzene rings is 1. The van der Waals surface area contributed by atoms with Crippen LogP contribution in [0.4, 0.5) is 5.82 Å². The van der Waals surface area contributed by atoms with Crippen molar-refractivity contribution in [2.24, 2.45) is 0 Å². The molecule has 0 atom stereocenters. The van der Waals surface area contributed by atoms with Gasteiger partial charge in [0.15, 0.2) is 5.82 Å². The van der Waals surface area contributed by atoms with E-state index in [4.69, 9.17) is 5.73 Å². The fraction of sp³-hybridized carbons (Fsp3) is 0. The van der Waals surface area contributed by atoms with Crippen LogP contribution < -0.4 is 5.73 Å². The molecule has 3 N–H and O–H groups in total. The molecule has 0 aliphatic heterocycles. The third kappa shape index (κ3) is 1.35. The standard InChI is InChI=1S/C9H8N4O/c10-9-7(5-11-13-12-9)6-3-1-2-4-8(6)14/h1-5,14H,(H2,10,11,12). The molecule has 0 aliphatic carbocycles. The monoisotopic (exact) mass is 188 g/mol. The largest absolute Gasteiger partial charge is 0.507 e. The van der Waals surface area contributed by atoms with Gasteiger partial charge in [0, 0.05) is 11.1 Å². The van der Waals surface area contributed by atoms with Crippen molar-refractivity contribution < 1.29 is 5.11 Å². The van der Waals surface area contributed by atoms with Crippen LogP contribution >= 0.6 is 0 Å². The van der Waals surface area contributed by atoms with Crippen LogP contribution in [0.3, 0.4) is 0 Å². The van der Waals surface area contributed by atoms with Crippen molar-refractivity contribution in [2.45, 2.75) is 0 Å². The van der Waals surface area contributed by atoms with Gasteiger partial charge in [-0.1, -0.05) is 18.2 Å². The lowest BCUT2D eigenvalue weighted by molar-refractivity contribution is 0.477. The maximum atomic E-state index is 9.56. The Morgan fingerprint density at radius 3 is 2.64 bits per heavy atom. The smallest absolute Gasteiger partial charge is 0.157 e. The summed E-state index contributed by atoms with van der Waals surface area (Å²) in [6, 6.07) is 6.85. The van der Waals surface area contributed by atoms with E-state index in [-0.39, 0.29) is 11.6 Å². The fourth-order valence-corrected chi connectivity index (χ4v) is 1.19. The van der Waals surface area contributed by atoms with Crippen molar-refractivity contribution >= 4 is 5.82 Å². The molecule has 0 spiro atoms. The van der Waals surface area contributed by atoms with Gasteiger partial charge >= 0.3 is 0 Å². The van der Waals surface area contributed by atoms with E-state index in [0.717, 1.165) is 0 Å². The molecule has 1 heterocycles. The highest BCUT2D eigenvalue weighted by Crippen LogP contribution is 2.30. The Labute approximate surface area is 80.2 Å². The first-order valence-electron chi connectivity index (χ1n) is 4.01. The van der Waals surface area contributed by atoms with Crippen molar-refractivity contribution in [3.05, 3.63) is 30.5 Å². The number of nitrogen functional groups attached to an aromatic ring is 1. The second-order valence-corrected chi connectivity index (χ2v) is 2.75. The van der Waals surface area contributed by atoms with Crippen LogP contribution in [0.25, 0.3) is 11.1 Å². The van der Waals surface area contributed by atoms with Crippen LogP contribution in [-0.2, 0) is 0 Å². The molecule has 0 radical (unpaired) electrons. The van der Waals surface area contributed by atoms with E-state index >= 15 is 0 Å². The number of aromatic hydroxyl groups is 1. The van der Waals surface area contributed by atoms with Gasteiger partial charge < -0.3 is 10.8 Å². The summed E-state index contributed by atoms with van der Waals surface area (Å²) in [5, 5.41) is 20.2. The van der Waals surface area contributed by atoms with Crippen LogP contribution in [0.1, 0.15) is 0 Å². The van der Waals surface area contributed by atoms with Crippen LogP contribution in [-0.4, -0.2) is 20.5 Å². The van der Waals surface area contributed by atoms with E-state index < -0.39 is 0 Å². The second-order valence-electron chi connectivity index (χ2n) is 2.75. The number of phenols is 1. The molecule has 1 aromatic heterocycles. The quantitative estimate of drug-likeness (QED) is 0.692. The lowest BCUT2D eigenvalue weighted by Gasteiger charge is -2.04. The SMILES string of the molecule is Nc1nnncc1-c1ccccc1O. The third-order valence-corrected chi connectivity index (χ3v) is 1.86. The zero-order valence-electron chi connectivity index (χ0n) is 7.25. The van der Waals surface area contributed by atoms with Gasteiger partial charge in [0.05, 0.1) is 6.20 Å². The predicted molar refractivity (Wildman–Crippen MR) is 51.3 cm³/mol. The summed E-state index contributed by atoms with van der Waals surface area (Å²) in [7, 11) is 0. The van der Waals surface area contributed by atoms with Crippen molar-refractivity contribution in [3.63, 3.8) is 0 Å². The number of nitrogens with two attached hydrogens (primary N) is 1. The predicted octanol–water partition coefficient (Wildman–Crippen LogP) is 0.826. The van der Waals surface area contributed by atoms with Crippen molar-refractivity contribution in [3.8, 4) is 16.9 Å². The van der Waals surface area contributed by atoms with E-state index in [1.54, 1.807) is 24.3 Å². The molecule has 0 amide bonds. The zero-order valence-corrected chi connectivity index (χ0v) is 7.25. The Bertz CT molecular complexity index is 415. The van der Waals surface area contributed by atoms with Gasteiger partial charge in [-0.25, -0.2) is 0 Å². The Balaban J connectivity index is 2.61. The van der Waals surface area contributed by atoms with Crippen molar-refractivity contribution in [1.29, 1.82) is 0 Å². The van der Waals surface area contributed by atoms with Crippen LogP contribution in [0.5, 0.6) is 5.75 Å². The summed E-state index contributed by atoms with van der Waals surface area (Å²) in [6.45, 7) is 0. The maximum absolute atomic E-state index is 9.56. The average molecular weight is 188 g/mol. The molecule has 0 saturated heterocycles. The zero-order chi connectivity index (χ0) is 9.97. The number of hydrogen-bond donors (Lipinski definition) is 2. The summed E-state index contributed by atoms with van der Waals surface area (Å²) in [4.78, 5) is 0. The topological polar surface area (TPSA) is 84.9 Å².